The van der Waals surface area contributed by atoms with Gasteiger partial charge in [-0.2, -0.15) is 0 Å². The molecule has 1 amide bonds. The molecule has 0 aliphatic carbocycles. The molecule has 0 atom stereocenters. The van der Waals surface area contributed by atoms with Crippen LogP contribution in [0.1, 0.15) is 22.3 Å². The van der Waals surface area contributed by atoms with E-state index in [1.54, 1.807) is 36.5 Å². The number of carbonyl (C=O) groups is 1. The molecule has 6 nitrogen and oxygen atoms in total. The molecule has 0 saturated carbocycles. The van der Waals surface area contributed by atoms with Crippen LogP contribution in [-0.4, -0.2) is 46.9 Å². The minimum absolute atomic E-state index is 0. The van der Waals surface area contributed by atoms with E-state index in [0.29, 0.717) is 47.1 Å². The lowest BCUT2D eigenvalue weighted by molar-refractivity contribution is -0.127. The summed E-state index contributed by atoms with van der Waals surface area (Å²) in [6, 6.07) is 33.9. The molecule has 0 bridgehead atoms. The van der Waals surface area contributed by atoms with Crippen LogP contribution in [0.25, 0.3) is 17.2 Å². The molecule has 1 saturated heterocycles. The van der Waals surface area contributed by atoms with Crippen LogP contribution in [0.2, 0.25) is 10.0 Å². The largest absolute Gasteiger partial charge is 0.487 e. The Labute approximate surface area is 298 Å². The van der Waals surface area contributed by atoms with E-state index in [-0.39, 0.29) is 18.3 Å². The number of halogens is 3. The number of hydrogen-bond acceptors (Lipinski definition) is 5. The molecular weight excluding hydrogens is 665 g/mol. The number of pyridine rings is 1. The van der Waals surface area contributed by atoms with E-state index >= 15 is 0 Å². The van der Waals surface area contributed by atoms with Gasteiger partial charge in [0.05, 0.1) is 11.2 Å². The zero-order valence-electron chi connectivity index (χ0n) is 26.5. The number of aromatic nitrogens is 1. The third-order valence-electron chi connectivity index (χ3n) is 8.09. The van der Waals surface area contributed by atoms with Crippen molar-refractivity contribution in [1.82, 2.24) is 14.8 Å². The zero-order chi connectivity index (χ0) is 32.6. The van der Waals surface area contributed by atoms with Crippen LogP contribution in [0, 0.1) is 6.92 Å². The smallest absolute Gasteiger partial charge is 0.246 e. The summed E-state index contributed by atoms with van der Waals surface area (Å²) in [6.07, 6.45) is 5.02. The van der Waals surface area contributed by atoms with Gasteiger partial charge >= 0.3 is 0 Å². The Balaban J connectivity index is 0.00000451. The Morgan fingerprint density at radius 2 is 1.54 bits per heavy atom. The first-order chi connectivity index (χ1) is 22.9. The molecule has 9 heteroatoms. The van der Waals surface area contributed by atoms with Gasteiger partial charge in [0.2, 0.25) is 11.8 Å². The van der Waals surface area contributed by atoms with Crippen LogP contribution in [-0.2, 0) is 17.9 Å². The number of rotatable bonds is 10. The van der Waals surface area contributed by atoms with Crippen molar-refractivity contribution in [1.29, 1.82) is 0 Å². The van der Waals surface area contributed by atoms with Gasteiger partial charge in [0.25, 0.3) is 0 Å². The highest BCUT2D eigenvalue weighted by molar-refractivity contribution is 6.32. The molecule has 1 aromatic heterocycles. The Morgan fingerprint density at radius 1 is 0.833 bits per heavy atom. The third-order valence-corrected chi connectivity index (χ3v) is 8.74. The molecule has 48 heavy (non-hydrogen) atoms. The van der Waals surface area contributed by atoms with Crippen molar-refractivity contribution < 1.29 is 14.3 Å². The second-order valence-corrected chi connectivity index (χ2v) is 12.3. The normalized spacial score (nSPS) is 13.3. The molecule has 0 radical (unpaired) electrons. The second kappa shape index (κ2) is 16.7. The van der Waals surface area contributed by atoms with Crippen LogP contribution >= 0.6 is 35.6 Å². The number of hydrogen-bond donors (Lipinski definition) is 0. The number of carbonyl (C=O) groups excluding carboxylic acids is 1. The van der Waals surface area contributed by atoms with Crippen LogP contribution < -0.4 is 9.47 Å². The van der Waals surface area contributed by atoms with Crippen LogP contribution in [0.4, 0.5) is 0 Å². The summed E-state index contributed by atoms with van der Waals surface area (Å²) in [6.45, 7) is 6.17. The van der Waals surface area contributed by atoms with E-state index in [2.05, 4.69) is 58.4 Å². The minimum Gasteiger partial charge on any atom is -0.487 e. The zero-order valence-corrected chi connectivity index (χ0v) is 28.8. The number of amides is 1. The number of piperazine rings is 1. The van der Waals surface area contributed by atoms with Crippen molar-refractivity contribution in [3.63, 3.8) is 0 Å². The molecule has 4 aromatic carbocycles. The lowest BCUT2D eigenvalue weighted by Crippen LogP contribution is -2.47. The van der Waals surface area contributed by atoms with Crippen LogP contribution in [0.5, 0.6) is 17.4 Å². The molecule has 1 fully saturated rings. The quantitative estimate of drug-likeness (QED) is 0.136. The van der Waals surface area contributed by atoms with E-state index in [1.807, 2.05) is 48.2 Å². The van der Waals surface area contributed by atoms with E-state index < -0.39 is 0 Å². The van der Waals surface area contributed by atoms with E-state index in [0.717, 1.165) is 36.3 Å². The Kier molecular flexibility index (Phi) is 12.2. The monoisotopic (exact) mass is 699 g/mol. The van der Waals surface area contributed by atoms with Gasteiger partial charge < -0.3 is 14.4 Å². The molecule has 6 rings (SSSR count). The topological polar surface area (TPSA) is 54.9 Å². The fraction of sp³-hybridized carbons (Fsp3) is 0.179. The summed E-state index contributed by atoms with van der Waals surface area (Å²) in [5.74, 6) is 1.49. The van der Waals surface area contributed by atoms with Gasteiger partial charge in [0.1, 0.15) is 12.4 Å². The third kappa shape index (κ3) is 9.18. The minimum atomic E-state index is -0.00740. The van der Waals surface area contributed by atoms with Crippen molar-refractivity contribution in [2.24, 2.45) is 0 Å². The fourth-order valence-corrected chi connectivity index (χ4v) is 5.97. The maximum atomic E-state index is 13.0. The second-order valence-electron chi connectivity index (χ2n) is 11.5. The van der Waals surface area contributed by atoms with Crippen LogP contribution in [0.3, 0.4) is 0 Å². The van der Waals surface area contributed by atoms with Gasteiger partial charge in [-0.3, -0.25) is 9.69 Å². The van der Waals surface area contributed by atoms with Crippen molar-refractivity contribution in [3.8, 4) is 28.5 Å². The maximum Gasteiger partial charge on any atom is 0.246 e. The number of nitrogens with zero attached hydrogens (tertiary/aromatic N) is 3. The summed E-state index contributed by atoms with van der Waals surface area (Å²) >= 11 is 12.8. The van der Waals surface area contributed by atoms with Crippen molar-refractivity contribution in [3.05, 3.63) is 148 Å². The standard InChI is InChI=1S/C39H35Cl2N3O3.ClH/c1-28-23-30(24-36(41)39(28)47-37-17-16-34(25-42-37)46-27-33-9-5-6-10-35(33)40)13-18-38(45)44-21-19-43(20-22-44)26-29-11-14-32(15-12-29)31-7-3-2-4-8-31;/h2-18,23-25H,19-22,26-27H2,1H3;1H/b18-13+;. The highest BCUT2D eigenvalue weighted by atomic mass is 35.5. The Bertz CT molecular complexity index is 1820. The lowest BCUT2D eigenvalue weighted by Gasteiger charge is -2.34. The molecule has 0 N–H and O–H groups in total. The molecule has 1 aliphatic heterocycles. The molecule has 0 unspecified atom stereocenters. The lowest BCUT2D eigenvalue weighted by atomic mass is 10.0. The van der Waals surface area contributed by atoms with Gasteiger partial charge in [0, 0.05) is 55.5 Å². The van der Waals surface area contributed by atoms with Crippen molar-refractivity contribution >= 4 is 47.6 Å². The molecule has 246 valence electrons. The molecule has 1 aliphatic rings. The molecule has 0 spiro atoms. The van der Waals surface area contributed by atoms with E-state index in [1.165, 1.54) is 16.7 Å². The van der Waals surface area contributed by atoms with Gasteiger partial charge in [-0.1, -0.05) is 96.0 Å². The Morgan fingerprint density at radius 3 is 2.23 bits per heavy atom. The number of benzene rings is 4. The average molecular weight is 701 g/mol. The molecular formula is C39H36Cl3N3O3. The predicted molar refractivity (Wildman–Crippen MR) is 196 cm³/mol. The van der Waals surface area contributed by atoms with E-state index in [9.17, 15) is 4.79 Å². The summed E-state index contributed by atoms with van der Waals surface area (Å²) in [7, 11) is 0. The first kappa shape index (κ1) is 35.0. The molecule has 5 aromatic rings. The van der Waals surface area contributed by atoms with Gasteiger partial charge in [0.15, 0.2) is 5.75 Å². The Hall–Kier alpha value is -4.33. The highest BCUT2D eigenvalue weighted by Gasteiger charge is 2.20. The van der Waals surface area contributed by atoms with Gasteiger partial charge in [-0.25, -0.2) is 4.98 Å². The number of aryl methyl sites for hydroxylation is 1. The average Bonchev–Trinajstić information content (AvgIpc) is 3.10. The summed E-state index contributed by atoms with van der Waals surface area (Å²) in [5, 5.41) is 1.09. The first-order valence-electron chi connectivity index (χ1n) is 15.6. The fourth-order valence-electron chi connectivity index (χ4n) is 5.47. The van der Waals surface area contributed by atoms with Gasteiger partial charge in [-0.15, -0.1) is 12.4 Å². The summed E-state index contributed by atoms with van der Waals surface area (Å²) < 4.78 is 11.8. The van der Waals surface area contributed by atoms with Crippen molar-refractivity contribution in [2.75, 3.05) is 26.2 Å². The first-order valence-corrected chi connectivity index (χ1v) is 16.3. The summed E-state index contributed by atoms with van der Waals surface area (Å²) in [5.41, 5.74) is 6.26. The maximum absolute atomic E-state index is 13.0. The SMILES string of the molecule is Cc1cc(/C=C/C(=O)N2CCN(Cc3ccc(-c4ccccc4)cc3)CC2)cc(Cl)c1Oc1ccc(OCc2ccccc2Cl)cn1.Cl. The number of ether oxygens (including phenoxy) is 2. The summed E-state index contributed by atoms with van der Waals surface area (Å²) in [4.78, 5) is 21.6. The predicted octanol–water partition coefficient (Wildman–Crippen LogP) is 9.51. The molecule has 2 heterocycles. The highest BCUT2D eigenvalue weighted by Crippen LogP contribution is 2.34. The van der Waals surface area contributed by atoms with Gasteiger partial charge in [-0.05, 0) is 65.1 Å². The van der Waals surface area contributed by atoms with E-state index in [4.69, 9.17) is 32.7 Å². The van der Waals surface area contributed by atoms with Crippen molar-refractivity contribution in [2.45, 2.75) is 20.1 Å². The van der Waals surface area contributed by atoms with Crippen LogP contribution in [0.15, 0.2) is 115 Å².